The molecular weight excluding hydrogens is 491 g/mol. The topological polar surface area (TPSA) is 83.4 Å². The molecule has 0 unspecified atom stereocenters. The number of amidine groups is 1. The minimum absolute atomic E-state index is 0.0198. The maximum Gasteiger partial charge on any atom is 0.262 e. The molecule has 0 fully saturated rings. The van der Waals surface area contributed by atoms with E-state index < -0.39 is 5.25 Å². The van der Waals surface area contributed by atoms with Gasteiger partial charge in [0.1, 0.15) is 16.8 Å². The summed E-state index contributed by atoms with van der Waals surface area (Å²) >= 11 is 1.23. The van der Waals surface area contributed by atoms with Gasteiger partial charge in [0, 0.05) is 18.5 Å². The quantitative estimate of drug-likeness (QED) is 0.455. The van der Waals surface area contributed by atoms with Crippen molar-refractivity contribution in [1.82, 2.24) is 5.01 Å². The summed E-state index contributed by atoms with van der Waals surface area (Å²) in [6.45, 7) is 2.46. The molecule has 0 saturated heterocycles. The van der Waals surface area contributed by atoms with Crippen molar-refractivity contribution in [3.05, 3.63) is 95.8 Å². The lowest BCUT2D eigenvalue weighted by Gasteiger charge is -2.23. The van der Waals surface area contributed by atoms with Crippen LogP contribution in [0.5, 0.6) is 5.75 Å². The third-order valence-electron chi connectivity index (χ3n) is 6.02. The van der Waals surface area contributed by atoms with Gasteiger partial charge in [-0.1, -0.05) is 54.2 Å². The van der Waals surface area contributed by atoms with Crippen LogP contribution in [-0.4, -0.2) is 39.6 Å². The van der Waals surface area contributed by atoms with Gasteiger partial charge in [0.2, 0.25) is 5.91 Å². The number of hydrazone groups is 1. The molecule has 7 nitrogen and oxygen atoms in total. The van der Waals surface area contributed by atoms with E-state index in [4.69, 9.17) is 9.84 Å². The molecule has 2 aliphatic rings. The van der Waals surface area contributed by atoms with Gasteiger partial charge in [-0.25, -0.2) is 9.40 Å². The number of halogens is 1. The Hall–Kier alpha value is -3.98. The van der Waals surface area contributed by atoms with Crippen LogP contribution in [-0.2, 0) is 9.59 Å². The van der Waals surface area contributed by atoms with Gasteiger partial charge in [-0.05, 0) is 54.4 Å². The number of nitrogens with zero attached hydrogens (tertiary/aromatic N) is 3. The van der Waals surface area contributed by atoms with E-state index >= 15 is 0 Å². The summed E-state index contributed by atoms with van der Waals surface area (Å²) in [4.78, 5) is 29.7. The average molecular weight is 517 g/mol. The van der Waals surface area contributed by atoms with Crippen molar-refractivity contribution < 1.29 is 18.7 Å². The van der Waals surface area contributed by atoms with Gasteiger partial charge < -0.3 is 10.1 Å². The summed E-state index contributed by atoms with van der Waals surface area (Å²) in [5, 5.41) is 9.13. The Morgan fingerprint density at radius 3 is 2.51 bits per heavy atom. The number of nitrogens with one attached hydrogen (secondary N) is 1. The molecule has 2 aliphatic heterocycles. The highest BCUT2D eigenvalue weighted by atomic mass is 32.2. The molecule has 1 N–H and O–H groups in total. The predicted molar refractivity (Wildman–Crippen MR) is 143 cm³/mol. The van der Waals surface area contributed by atoms with Gasteiger partial charge in [-0.3, -0.25) is 9.59 Å². The molecule has 0 radical (unpaired) electrons. The molecule has 0 aromatic heterocycles. The lowest BCUT2D eigenvalue weighted by Crippen LogP contribution is -2.25. The van der Waals surface area contributed by atoms with E-state index in [-0.39, 0.29) is 30.1 Å². The van der Waals surface area contributed by atoms with Crippen molar-refractivity contribution in [2.75, 3.05) is 11.9 Å². The Kier molecular flexibility index (Phi) is 7.32. The molecule has 188 valence electrons. The van der Waals surface area contributed by atoms with Crippen LogP contribution < -0.4 is 10.1 Å². The highest BCUT2D eigenvalue weighted by Gasteiger charge is 2.39. The largest absolute Gasteiger partial charge is 0.494 e. The number of benzene rings is 3. The molecule has 37 heavy (non-hydrogen) atoms. The molecule has 9 heteroatoms. The maximum absolute atomic E-state index is 13.6. The molecule has 2 heterocycles. The van der Waals surface area contributed by atoms with Crippen LogP contribution in [0, 0.1) is 5.82 Å². The standard InChI is InChI=1S/C28H25FN4O3S/c1-2-36-22-14-12-21(13-15-22)30-26(34)17-25-27(35)31-28(37-25)33-24(19-8-10-20(29)11-9-19)16-23(32-33)18-6-4-3-5-7-18/h3-15,24-25H,2,16-17H2,1H3,(H,30,34)/t24-,25-/m1/s1. The third kappa shape index (κ3) is 5.72. The SMILES string of the molecule is CCOc1ccc(NC(=O)C[C@H]2SC(N3N=C(c4ccccc4)C[C@@H]3c3ccc(F)cc3)=NC2=O)cc1. The van der Waals surface area contributed by atoms with Gasteiger partial charge in [0.25, 0.3) is 5.91 Å². The first-order chi connectivity index (χ1) is 18.0. The Morgan fingerprint density at radius 1 is 1.08 bits per heavy atom. The second kappa shape index (κ2) is 11.0. The van der Waals surface area contributed by atoms with E-state index in [9.17, 15) is 14.0 Å². The monoisotopic (exact) mass is 516 g/mol. The summed E-state index contributed by atoms with van der Waals surface area (Å²) < 4.78 is 19.0. The number of hydrogen-bond donors (Lipinski definition) is 1. The number of aliphatic imine (C=N–C) groups is 1. The molecule has 5 rings (SSSR count). The van der Waals surface area contributed by atoms with Crippen molar-refractivity contribution in [3.63, 3.8) is 0 Å². The van der Waals surface area contributed by atoms with Gasteiger partial charge in [0.05, 0.1) is 18.4 Å². The van der Waals surface area contributed by atoms with Crippen LogP contribution in [0.4, 0.5) is 10.1 Å². The van der Waals surface area contributed by atoms with Crippen molar-refractivity contribution in [3.8, 4) is 5.75 Å². The number of amides is 2. The van der Waals surface area contributed by atoms with E-state index in [1.807, 2.05) is 37.3 Å². The first kappa shape index (κ1) is 24.7. The van der Waals surface area contributed by atoms with Crippen molar-refractivity contribution >= 4 is 40.1 Å². The lowest BCUT2D eigenvalue weighted by molar-refractivity contribution is -0.121. The number of thioether (sulfide) groups is 1. The average Bonchev–Trinajstić information content (AvgIpc) is 3.50. The number of ether oxygens (including phenoxy) is 1. The predicted octanol–water partition coefficient (Wildman–Crippen LogP) is 5.40. The summed E-state index contributed by atoms with van der Waals surface area (Å²) in [5.41, 5.74) is 3.31. The molecule has 2 amide bonds. The van der Waals surface area contributed by atoms with Gasteiger partial charge >= 0.3 is 0 Å². The highest BCUT2D eigenvalue weighted by molar-refractivity contribution is 8.15. The summed E-state index contributed by atoms with van der Waals surface area (Å²) in [6.07, 6.45) is 0.556. The highest BCUT2D eigenvalue weighted by Crippen LogP contribution is 2.38. The van der Waals surface area contributed by atoms with Gasteiger partial charge in [0.15, 0.2) is 5.17 Å². The molecule has 0 aliphatic carbocycles. The van der Waals surface area contributed by atoms with E-state index in [2.05, 4.69) is 10.3 Å². The summed E-state index contributed by atoms with van der Waals surface area (Å²) in [5.74, 6) is -0.254. The fourth-order valence-corrected chi connectivity index (χ4v) is 5.28. The van der Waals surface area contributed by atoms with Crippen molar-refractivity contribution in [1.29, 1.82) is 0 Å². The Labute approximate surface area is 218 Å². The normalized spacial score (nSPS) is 19.0. The zero-order valence-corrected chi connectivity index (χ0v) is 21.0. The number of rotatable bonds is 7. The van der Waals surface area contributed by atoms with Crippen LogP contribution in [0.1, 0.15) is 36.9 Å². The Balaban J connectivity index is 1.30. The molecule has 2 atom stereocenters. The zero-order chi connectivity index (χ0) is 25.8. The molecule has 0 spiro atoms. The summed E-state index contributed by atoms with van der Waals surface area (Å²) in [6, 6.07) is 22.9. The minimum Gasteiger partial charge on any atom is -0.494 e. The molecule has 3 aromatic carbocycles. The maximum atomic E-state index is 13.6. The van der Waals surface area contributed by atoms with Crippen molar-refractivity contribution in [2.24, 2.45) is 10.1 Å². The van der Waals surface area contributed by atoms with Crippen LogP contribution in [0.3, 0.4) is 0 Å². The van der Waals surface area contributed by atoms with E-state index in [1.54, 1.807) is 41.4 Å². The van der Waals surface area contributed by atoms with Gasteiger partial charge in [-0.2, -0.15) is 10.1 Å². The Bertz CT molecular complexity index is 1340. The van der Waals surface area contributed by atoms with E-state index in [0.717, 1.165) is 22.6 Å². The second-order valence-corrected chi connectivity index (χ2v) is 9.75. The smallest absolute Gasteiger partial charge is 0.262 e. The second-order valence-electron chi connectivity index (χ2n) is 8.58. The van der Waals surface area contributed by atoms with Crippen LogP contribution in [0.15, 0.2) is 89.0 Å². The van der Waals surface area contributed by atoms with Crippen molar-refractivity contribution in [2.45, 2.75) is 31.1 Å². The van der Waals surface area contributed by atoms with Crippen LogP contribution in [0.25, 0.3) is 0 Å². The van der Waals surface area contributed by atoms with E-state index in [0.29, 0.717) is 23.9 Å². The zero-order valence-electron chi connectivity index (χ0n) is 20.1. The lowest BCUT2D eigenvalue weighted by atomic mass is 9.99. The molecular formula is C28H25FN4O3S. The Morgan fingerprint density at radius 2 is 1.81 bits per heavy atom. The van der Waals surface area contributed by atoms with Crippen LogP contribution in [0.2, 0.25) is 0 Å². The number of carbonyl (C=O) groups excluding carboxylic acids is 2. The number of anilines is 1. The summed E-state index contributed by atoms with van der Waals surface area (Å²) in [7, 11) is 0. The number of carbonyl (C=O) groups is 2. The first-order valence-corrected chi connectivity index (χ1v) is 12.9. The first-order valence-electron chi connectivity index (χ1n) is 12.0. The minimum atomic E-state index is -0.650. The fraction of sp³-hybridized carbons (Fsp3) is 0.214. The van der Waals surface area contributed by atoms with Gasteiger partial charge in [-0.15, -0.1) is 0 Å². The van der Waals surface area contributed by atoms with E-state index in [1.165, 1.54) is 23.9 Å². The third-order valence-corrected chi connectivity index (χ3v) is 7.16. The molecule has 3 aromatic rings. The fourth-order valence-electron chi connectivity index (χ4n) is 4.22. The number of hydrogen-bond acceptors (Lipinski definition) is 6. The molecule has 0 saturated carbocycles. The molecule has 0 bridgehead atoms. The van der Waals surface area contributed by atoms with Crippen LogP contribution >= 0.6 is 11.8 Å².